The van der Waals surface area contributed by atoms with Crippen molar-refractivity contribution in [1.82, 2.24) is 5.32 Å². The van der Waals surface area contributed by atoms with Gasteiger partial charge < -0.3 is 24.3 Å². The number of methoxy groups -OCH3 is 1. The molecule has 0 radical (unpaired) electrons. The minimum atomic E-state index is 0.481. The van der Waals surface area contributed by atoms with Gasteiger partial charge in [0.25, 0.3) is 0 Å². The molecule has 0 spiro atoms. The van der Waals surface area contributed by atoms with E-state index in [1.54, 1.807) is 7.11 Å². The van der Waals surface area contributed by atoms with Crippen LogP contribution in [0.1, 0.15) is 11.1 Å². The van der Waals surface area contributed by atoms with Gasteiger partial charge in [0.05, 0.1) is 13.7 Å². The number of para-hydroxylation sites is 1. The predicted molar refractivity (Wildman–Crippen MR) is 94.8 cm³/mol. The van der Waals surface area contributed by atoms with Crippen molar-refractivity contribution in [3.05, 3.63) is 47.5 Å². The fourth-order valence-electron chi connectivity index (χ4n) is 3.37. The lowest BCUT2D eigenvalue weighted by Crippen LogP contribution is -2.31. The third-order valence-electron chi connectivity index (χ3n) is 4.61. The number of ether oxygens (including phenoxy) is 4. The quantitative estimate of drug-likeness (QED) is 0.906. The molecule has 2 aliphatic rings. The molecule has 0 amide bonds. The van der Waals surface area contributed by atoms with Crippen LogP contribution in [0.5, 0.6) is 23.0 Å². The Morgan fingerprint density at radius 2 is 1.96 bits per heavy atom. The molecule has 5 nitrogen and oxygen atoms in total. The molecule has 0 bridgehead atoms. The van der Waals surface area contributed by atoms with E-state index < -0.39 is 0 Å². The molecule has 1 atom stereocenters. The smallest absolute Gasteiger partial charge is 0.203 e. The van der Waals surface area contributed by atoms with E-state index >= 15 is 0 Å². The van der Waals surface area contributed by atoms with Gasteiger partial charge in [-0.1, -0.05) is 18.2 Å². The number of hydrogen-bond donors (Lipinski definition) is 1. The first-order chi connectivity index (χ1) is 12.3. The van der Waals surface area contributed by atoms with E-state index in [1.807, 2.05) is 24.3 Å². The lowest BCUT2D eigenvalue weighted by atomic mass is 9.96. The monoisotopic (exact) mass is 341 g/mol. The first-order valence-electron chi connectivity index (χ1n) is 8.71. The van der Waals surface area contributed by atoms with Gasteiger partial charge in [0.2, 0.25) is 5.75 Å². The van der Waals surface area contributed by atoms with E-state index in [0.717, 1.165) is 48.9 Å². The summed E-state index contributed by atoms with van der Waals surface area (Å²) in [5.74, 6) is 3.69. The third kappa shape index (κ3) is 3.51. The first kappa shape index (κ1) is 16.1. The minimum absolute atomic E-state index is 0.481. The maximum Gasteiger partial charge on any atom is 0.203 e. The van der Waals surface area contributed by atoms with Crippen LogP contribution >= 0.6 is 0 Å². The van der Waals surface area contributed by atoms with Crippen LogP contribution in [0.2, 0.25) is 0 Å². The highest BCUT2D eigenvalue weighted by Crippen LogP contribution is 2.40. The summed E-state index contributed by atoms with van der Waals surface area (Å²) in [6.07, 6.45) is 1.05. The fraction of sp³-hybridized carbons (Fsp3) is 0.400. The molecule has 132 valence electrons. The zero-order valence-corrected chi connectivity index (χ0v) is 14.4. The van der Waals surface area contributed by atoms with Crippen LogP contribution in [0.3, 0.4) is 0 Å². The number of hydrogen-bond acceptors (Lipinski definition) is 5. The van der Waals surface area contributed by atoms with Crippen LogP contribution in [0.4, 0.5) is 0 Å². The largest absolute Gasteiger partial charge is 0.493 e. The summed E-state index contributed by atoms with van der Waals surface area (Å²) in [6.45, 7) is 3.56. The topological polar surface area (TPSA) is 49.0 Å². The Balaban J connectivity index is 1.36. The van der Waals surface area contributed by atoms with Crippen molar-refractivity contribution in [3.63, 3.8) is 0 Å². The zero-order valence-electron chi connectivity index (χ0n) is 14.4. The Bertz CT molecular complexity index is 729. The summed E-state index contributed by atoms with van der Waals surface area (Å²) in [4.78, 5) is 0. The zero-order chi connectivity index (χ0) is 17.1. The van der Waals surface area contributed by atoms with E-state index in [2.05, 4.69) is 17.4 Å². The number of benzene rings is 2. The molecular weight excluding hydrogens is 318 g/mol. The Morgan fingerprint density at radius 3 is 2.88 bits per heavy atom. The minimum Gasteiger partial charge on any atom is -0.493 e. The molecule has 0 saturated carbocycles. The van der Waals surface area contributed by atoms with E-state index in [1.165, 1.54) is 5.56 Å². The van der Waals surface area contributed by atoms with Gasteiger partial charge in [0.15, 0.2) is 11.5 Å². The summed E-state index contributed by atoms with van der Waals surface area (Å²) in [6, 6.07) is 12.3. The second-order valence-electron chi connectivity index (χ2n) is 6.44. The Labute approximate surface area is 147 Å². The van der Waals surface area contributed by atoms with Crippen LogP contribution in [0, 0.1) is 5.92 Å². The number of nitrogens with one attached hydrogen (secondary N) is 1. The highest BCUT2D eigenvalue weighted by atomic mass is 16.6. The van der Waals surface area contributed by atoms with Crippen molar-refractivity contribution in [2.45, 2.75) is 13.0 Å². The second-order valence-corrected chi connectivity index (χ2v) is 6.44. The fourth-order valence-corrected chi connectivity index (χ4v) is 3.37. The van der Waals surface area contributed by atoms with Crippen LogP contribution in [0.25, 0.3) is 0 Å². The molecule has 5 heteroatoms. The third-order valence-corrected chi connectivity index (χ3v) is 4.61. The molecule has 0 aliphatic carbocycles. The van der Waals surface area contributed by atoms with Gasteiger partial charge >= 0.3 is 0 Å². The predicted octanol–water partition coefficient (Wildman–Crippen LogP) is 2.81. The Morgan fingerprint density at radius 1 is 1.08 bits per heavy atom. The lowest BCUT2D eigenvalue weighted by molar-refractivity contribution is 0.165. The Hall–Kier alpha value is -2.40. The normalized spacial score (nSPS) is 18.2. The molecule has 2 heterocycles. The van der Waals surface area contributed by atoms with E-state index in [-0.39, 0.29) is 0 Å². The maximum absolute atomic E-state index is 5.85. The molecule has 0 fully saturated rings. The van der Waals surface area contributed by atoms with Crippen molar-refractivity contribution < 1.29 is 18.9 Å². The number of rotatable bonds is 5. The van der Waals surface area contributed by atoms with Gasteiger partial charge in [-0.2, -0.15) is 0 Å². The number of fused-ring (bicyclic) bond motifs is 2. The van der Waals surface area contributed by atoms with Gasteiger partial charge in [-0.25, -0.2) is 0 Å². The van der Waals surface area contributed by atoms with Crippen LogP contribution in [0.15, 0.2) is 36.4 Å². The summed E-state index contributed by atoms with van der Waals surface area (Å²) >= 11 is 0. The molecule has 1 unspecified atom stereocenters. The SMILES string of the molecule is COc1cc(CNCC2COc3ccccc3C2)cc2c1OCCO2. The van der Waals surface area contributed by atoms with Crippen molar-refractivity contribution >= 4 is 0 Å². The lowest BCUT2D eigenvalue weighted by Gasteiger charge is -2.25. The van der Waals surface area contributed by atoms with Crippen LogP contribution in [-0.2, 0) is 13.0 Å². The van der Waals surface area contributed by atoms with Crippen LogP contribution in [-0.4, -0.2) is 33.5 Å². The van der Waals surface area contributed by atoms with E-state index in [9.17, 15) is 0 Å². The molecule has 1 N–H and O–H groups in total. The molecule has 4 rings (SSSR count). The highest BCUT2D eigenvalue weighted by Gasteiger charge is 2.20. The van der Waals surface area contributed by atoms with Crippen molar-refractivity contribution in [2.75, 3.05) is 33.5 Å². The summed E-state index contributed by atoms with van der Waals surface area (Å²) in [5, 5.41) is 3.53. The summed E-state index contributed by atoms with van der Waals surface area (Å²) in [7, 11) is 1.65. The van der Waals surface area contributed by atoms with E-state index in [4.69, 9.17) is 18.9 Å². The molecule has 2 aromatic rings. The molecular formula is C20H23NO4. The highest BCUT2D eigenvalue weighted by molar-refractivity contribution is 5.54. The molecule has 25 heavy (non-hydrogen) atoms. The first-order valence-corrected chi connectivity index (χ1v) is 8.71. The molecule has 0 saturated heterocycles. The summed E-state index contributed by atoms with van der Waals surface area (Å²) in [5.41, 5.74) is 2.42. The van der Waals surface area contributed by atoms with Crippen molar-refractivity contribution in [1.29, 1.82) is 0 Å². The van der Waals surface area contributed by atoms with Crippen molar-refractivity contribution in [3.8, 4) is 23.0 Å². The maximum atomic E-state index is 5.85. The average molecular weight is 341 g/mol. The van der Waals surface area contributed by atoms with Gasteiger partial charge in [-0.3, -0.25) is 0 Å². The average Bonchev–Trinajstić information content (AvgIpc) is 2.67. The summed E-state index contributed by atoms with van der Waals surface area (Å²) < 4.78 is 22.6. The van der Waals surface area contributed by atoms with Gasteiger partial charge in [-0.15, -0.1) is 0 Å². The standard InChI is InChI=1S/C20H23NO4/c1-22-18-9-14(10-19-20(18)24-7-6-23-19)11-21-12-15-8-16-4-2-3-5-17(16)25-13-15/h2-5,9-10,15,21H,6-8,11-13H2,1H3. The van der Waals surface area contributed by atoms with Gasteiger partial charge in [-0.05, 0) is 35.7 Å². The molecule has 2 aliphatic heterocycles. The Kier molecular flexibility index (Phi) is 4.65. The van der Waals surface area contributed by atoms with Gasteiger partial charge in [0.1, 0.15) is 19.0 Å². The van der Waals surface area contributed by atoms with E-state index in [0.29, 0.717) is 24.9 Å². The second kappa shape index (κ2) is 7.23. The molecule has 0 aromatic heterocycles. The van der Waals surface area contributed by atoms with Gasteiger partial charge in [0, 0.05) is 19.0 Å². The molecule has 2 aromatic carbocycles. The van der Waals surface area contributed by atoms with Crippen molar-refractivity contribution in [2.24, 2.45) is 5.92 Å². The van der Waals surface area contributed by atoms with Crippen LogP contribution < -0.4 is 24.3 Å².